The van der Waals surface area contributed by atoms with Crippen molar-refractivity contribution in [2.45, 2.75) is 98.5 Å². The molecule has 0 rings (SSSR count). The minimum absolute atomic E-state index is 0.148. The third-order valence-corrected chi connectivity index (χ3v) is 4.41. The maximum absolute atomic E-state index is 11.8. The van der Waals surface area contributed by atoms with Crippen LogP contribution in [-0.2, 0) is 19.1 Å². The van der Waals surface area contributed by atoms with Gasteiger partial charge < -0.3 is 9.47 Å². The summed E-state index contributed by atoms with van der Waals surface area (Å²) in [7, 11) is 0. The lowest BCUT2D eigenvalue weighted by atomic mass is 9.96. The Balaban J connectivity index is 3.75. The minimum Gasteiger partial charge on any atom is -0.463 e. The largest absolute Gasteiger partial charge is 0.463 e. The van der Waals surface area contributed by atoms with Gasteiger partial charge in [-0.3, -0.25) is 0 Å². The van der Waals surface area contributed by atoms with E-state index in [-0.39, 0.29) is 17.9 Å². The quantitative estimate of drug-likeness (QED) is 0.207. The van der Waals surface area contributed by atoms with Gasteiger partial charge in [-0.15, -0.1) is 0 Å². The fraction of sp³-hybridized carbons (Fsp3) is 0.818. The monoisotopic (exact) mass is 368 g/mol. The molecule has 4 heteroatoms. The van der Waals surface area contributed by atoms with Crippen LogP contribution in [0.25, 0.3) is 0 Å². The highest BCUT2D eigenvalue weighted by atomic mass is 16.5. The molecule has 0 aliphatic heterocycles. The molecule has 0 N–H and O–H groups in total. The molecule has 0 fully saturated rings. The molecule has 0 spiro atoms. The van der Waals surface area contributed by atoms with Crippen LogP contribution >= 0.6 is 0 Å². The fourth-order valence-corrected chi connectivity index (χ4v) is 2.99. The molecule has 0 heterocycles. The first-order valence-corrected chi connectivity index (χ1v) is 10.4. The zero-order valence-electron chi connectivity index (χ0n) is 17.6. The van der Waals surface area contributed by atoms with E-state index in [9.17, 15) is 9.59 Å². The standard InChI is InChI=1S/C22H40O4/c1-6-7-8-9-10-11-12-13-14-17-25-20(23)15-16-21(24)26-22(18(2)3)19(4)5/h15-16,18-19,22H,6-14,17H2,1-5H3/b16-15+. The van der Waals surface area contributed by atoms with Gasteiger partial charge in [0.25, 0.3) is 0 Å². The Hall–Kier alpha value is -1.32. The molecule has 26 heavy (non-hydrogen) atoms. The summed E-state index contributed by atoms with van der Waals surface area (Å²) in [4.78, 5) is 23.4. The van der Waals surface area contributed by atoms with Gasteiger partial charge >= 0.3 is 11.9 Å². The first kappa shape index (κ1) is 24.7. The Kier molecular flexibility index (Phi) is 15.1. The summed E-state index contributed by atoms with van der Waals surface area (Å²) < 4.78 is 10.5. The highest BCUT2D eigenvalue weighted by Crippen LogP contribution is 2.16. The number of carbonyl (C=O) groups excluding carboxylic acids is 2. The molecule has 0 saturated carbocycles. The summed E-state index contributed by atoms with van der Waals surface area (Å²) in [6.07, 6.45) is 13.2. The van der Waals surface area contributed by atoms with E-state index >= 15 is 0 Å². The molecule has 0 radical (unpaired) electrons. The second-order valence-electron chi connectivity index (χ2n) is 7.72. The Morgan fingerprint density at radius 2 is 1.19 bits per heavy atom. The molecule has 4 nitrogen and oxygen atoms in total. The smallest absolute Gasteiger partial charge is 0.331 e. The SMILES string of the molecule is CCCCCCCCCCCOC(=O)/C=C/C(=O)OC(C(C)C)C(C)C. The maximum Gasteiger partial charge on any atom is 0.331 e. The molecule has 0 aliphatic carbocycles. The van der Waals surface area contributed by atoms with Crippen molar-refractivity contribution in [3.05, 3.63) is 12.2 Å². The van der Waals surface area contributed by atoms with Gasteiger partial charge in [-0.25, -0.2) is 9.59 Å². The molecule has 0 atom stereocenters. The van der Waals surface area contributed by atoms with Crippen LogP contribution in [-0.4, -0.2) is 24.6 Å². The van der Waals surface area contributed by atoms with E-state index in [0.717, 1.165) is 25.0 Å². The van der Waals surface area contributed by atoms with Gasteiger partial charge in [-0.05, 0) is 18.3 Å². The number of ether oxygens (including phenoxy) is 2. The van der Waals surface area contributed by atoms with Gasteiger partial charge in [-0.2, -0.15) is 0 Å². The number of hydrogen-bond donors (Lipinski definition) is 0. The number of carbonyl (C=O) groups is 2. The highest BCUT2D eigenvalue weighted by molar-refractivity contribution is 5.91. The van der Waals surface area contributed by atoms with Crippen molar-refractivity contribution in [2.75, 3.05) is 6.61 Å². The molecule has 0 unspecified atom stereocenters. The summed E-state index contributed by atoms with van der Waals surface area (Å²) in [5.74, 6) is -0.485. The number of rotatable bonds is 15. The summed E-state index contributed by atoms with van der Waals surface area (Å²) in [6, 6.07) is 0. The summed E-state index contributed by atoms with van der Waals surface area (Å²) >= 11 is 0. The van der Waals surface area contributed by atoms with E-state index in [0.29, 0.717) is 6.61 Å². The predicted molar refractivity (Wildman–Crippen MR) is 107 cm³/mol. The van der Waals surface area contributed by atoms with Gasteiger partial charge in [-0.1, -0.05) is 86.0 Å². The Bertz CT molecular complexity index is 391. The van der Waals surface area contributed by atoms with Crippen LogP contribution in [0, 0.1) is 11.8 Å². The second kappa shape index (κ2) is 15.9. The lowest BCUT2D eigenvalue weighted by Crippen LogP contribution is -2.28. The van der Waals surface area contributed by atoms with E-state index in [2.05, 4.69) is 6.92 Å². The van der Waals surface area contributed by atoms with E-state index in [1.165, 1.54) is 44.9 Å². The van der Waals surface area contributed by atoms with E-state index in [1.807, 2.05) is 27.7 Å². The second-order valence-corrected chi connectivity index (χ2v) is 7.72. The zero-order chi connectivity index (χ0) is 19.8. The van der Waals surface area contributed by atoms with Crippen molar-refractivity contribution in [3.8, 4) is 0 Å². The van der Waals surface area contributed by atoms with Crippen LogP contribution in [0.4, 0.5) is 0 Å². The highest BCUT2D eigenvalue weighted by Gasteiger charge is 2.20. The molecular weight excluding hydrogens is 328 g/mol. The van der Waals surface area contributed by atoms with Gasteiger partial charge in [0.05, 0.1) is 6.61 Å². The van der Waals surface area contributed by atoms with Crippen LogP contribution < -0.4 is 0 Å². The molecule has 0 saturated heterocycles. The van der Waals surface area contributed by atoms with Crippen molar-refractivity contribution >= 4 is 11.9 Å². The van der Waals surface area contributed by atoms with Gasteiger partial charge in [0.1, 0.15) is 6.10 Å². The van der Waals surface area contributed by atoms with Crippen LogP contribution in [0.1, 0.15) is 92.4 Å². The third-order valence-electron chi connectivity index (χ3n) is 4.41. The molecule has 0 aromatic heterocycles. The Morgan fingerprint density at radius 3 is 1.69 bits per heavy atom. The van der Waals surface area contributed by atoms with Gasteiger partial charge in [0, 0.05) is 12.2 Å². The van der Waals surface area contributed by atoms with Crippen molar-refractivity contribution in [2.24, 2.45) is 11.8 Å². The first-order chi connectivity index (χ1) is 12.4. The fourth-order valence-electron chi connectivity index (χ4n) is 2.99. The summed E-state index contributed by atoms with van der Waals surface area (Å²) in [5.41, 5.74) is 0. The average Bonchev–Trinajstić information content (AvgIpc) is 2.58. The topological polar surface area (TPSA) is 52.6 Å². The zero-order valence-corrected chi connectivity index (χ0v) is 17.6. The molecule has 0 bridgehead atoms. The van der Waals surface area contributed by atoms with Gasteiger partial charge in [0.15, 0.2) is 0 Å². The van der Waals surface area contributed by atoms with Crippen molar-refractivity contribution in [1.82, 2.24) is 0 Å². The summed E-state index contributed by atoms with van der Waals surface area (Å²) in [5, 5.41) is 0. The first-order valence-electron chi connectivity index (χ1n) is 10.4. The normalized spacial score (nSPS) is 11.7. The van der Waals surface area contributed by atoms with E-state index in [1.54, 1.807) is 0 Å². The third kappa shape index (κ3) is 13.9. The lowest BCUT2D eigenvalue weighted by Gasteiger charge is -2.24. The Morgan fingerprint density at radius 1 is 0.731 bits per heavy atom. The van der Waals surface area contributed by atoms with E-state index < -0.39 is 11.9 Å². The van der Waals surface area contributed by atoms with Crippen LogP contribution in [0.3, 0.4) is 0 Å². The van der Waals surface area contributed by atoms with Crippen LogP contribution in [0.15, 0.2) is 12.2 Å². The Labute approximate surface area is 160 Å². The lowest BCUT2D eigenvalue weighted by molar-refractivity contribution is -0.148. The van der Waals surface area contributed by atoms with Gasteiger partial charge in [0.2, 0.25) is 0 Å². The maximum atomic E-state index is 11.8. The number of esters is 2. The van der Waals surface area contributed by atoms with Crippen molar-refractivity contribution < 1.29 is 19.1 Å². The van der Waals surface area contributed by atoms with E-state index in [4.69, 9.17) is 9.47 Å². The minimum atomic E-state index is -0.488. The van der Waals surface area contributed by atoms with Crippen molar-refractivity contribution in [1.29, 1.82) is 0 Å². The summed E-state index contributed by atoms with van der Waals surface area (Å²) in [6.45, 7) is 10.7. The van der Waals surface area contributed by atoms with Crippen LogP contribution in [0.2, 0.25) is 0 Å². The van der Waals surface area contributed by atoms with Crippen molar-refractivity contribution in [3.63, 3.8) is 0 Å². The molecule has 0 aliphatic rings. The number of unbranched alkanes of at least 4 members (excludes halogenated alkanes) is 8. The molecule has 0 amide bonds. The molecule has 0 aromatic rings. The molecule has 152 valence electrons. The molecule has 0 aromatic carbocycles. The molecular formula is C22H40O4. The number of hydrogen-bond acceptors (Lipinski definition) is 4. The van der Waals surface area contributed by atoms with Crippen LogP contribution in [0.5, 0.6) is 0 Å². The predicted octanol–water partition coefficient (Wildman–Crippen LogP) is 5.84. The average molecular weight is 369 g/mol.